The highest BCUT2D eigenvalue weighted by molar-refractivity contribution is 6.33. The number of halogens is 1. The van der Waals surface area contributed by atoms with Crippen LogP contribution in [0.15, 0.2) is 18.3 Å². The number of aryl methyl sites for hydroxylation is 1. The summed E-state index contributed by atoms with van der Waals surface area (Å²) in [7, 11) is 7.20. The second-order valence-electron chi connectivity index (χ2n) is 2.74. The van der Waals surface area contributed by atoms with Gasteiger partial charge in [0.2, 0.25) is 0 Å². The van der Waals surface area contributed by atoms with E-state index in [0.717, 1.165) is 5.39 Å². The molecule has 4 heteroatoms. The minimum absolute atomic E-state index is 0.367. The van der Waals surface area contributed by atoms with Gasteiger partial charge in [-0.1, -0.05) is 11.5 Å². The molecule has 0 atom stereocenters. The largest absolute Gasteiger partial charge is 0.274 e. The van der Waals surface area contributed by atoms with Crippen molar-refractivity contribution in [2.75, 3.05) is 0 Å². The van der Waals surface area contributed by atoms with Gasteiger partial charge >= 0.3 is 0 Å². The summed E-state index contributed by atoms with van der Waals surface area (Å²) in [5, 5.41) is 4.67. The fourth-order valence-electron chi connectivity index (χ4n) is 1.23. The maximum Gasteiger partial charge on any atom is 0.150 e. The summed E-state index contributed by atoms with van der Waals surface area (Å²) in [6.07, 6.45) is 1.73. The summed E-state index contributed by atoms with van der Waals surface area (Å²) in [6.45, 7) is 0. The predicted octanol–water partition coefficient (Wildman–Crippen LogP) is 0.506. The Morgan fingerprint density at radius 3 is 3.00 bits per heavy atom. The quantitative estimate of drug-likeness (QED) is 0.513. The van der Waals surface area contributed by atoms with Crippen LogP contribution in [-0.4, -0.2) is 17.6 Å². The molecule has 12 heavy (non-hydrogen) atoms. The minimum atomic E-state index is -0.370. The zero-order chi connectivity index (χ0) is 8.72. The number of benzene rings is 1. The van der Waals surface area contributed by atoms with Gasteiger partial charge in [0.05, 0.1) is 0 Å². The molecule has 0 unspecified atom stereocenters. The van der Waals surface area contributed by atoms with Crippen LogP contribution in [0.25, 0.3) is 10.9 Å². The monoisotopic (exact) mass is 160 g/mol. The van der Waals surface area contributed by atoms with Crippen molar-refractivity contribution in [3.05, 3.63) is 24.1 Å². The summed E-state index contributed by atoms with van der Waals surface area (Å²) >= 11 is 0. The van der Waals surface area contributed by atoms with Crippen molar-refractivity contribution in [1.82, 2.24) is 9.78 Å². The van der Waals surface area contributed by atoms with Crippen LogP contribution in [0.1, 0.15) is 0 Å². The first-order valence-electron chi connectivity index (χ1n) is 3.55. The smallest absolute Gasteiger partial charge is 0.150 e. The molecule has 58 valence electrons. The summed E-state index contributed by atoms with van der Waals surface area (Å²) in [4.78, 5) is 0. The first-order valence-corrected chi connectivity index (χ1v) is 3.55. The van der Waals surface area contributed by atoms with Gasteiger partial charge in [0.1, 0.15) is 13.4 Å². The SMILES string of the molecule is [B]c1cc(F)c2nn(C)cc2c1. The molecular weight excluding hydrogens is 154 g/mol. The van der Waals surface area contributed by atoms with Gasteiger partial charge in [0, 0.05) is 18.6 Å². The van der Waals surface area contributed by atoms with E-state index in [0.29, 0.717) is 11.0 Å². The predicted molar refractivity (Wildman–Crippen MR) is 46.1 cm³/mol. The third-order valence-electron chi connectivity index (χ3n) is 1.70. The van der Waals surface area contributed by atoms with E-state index in [-0.39, 0.29) is 5.82 Å². The van der Waals surface area contributed by atoms with Crippen molar-refractivity contribution in [3.8, 4) is 0 Å². The topological polar surface area (TPSA) is 17.8 Å². The molecule has 0 amide bonds. The molecule has 0 N–H and O–H groups in total. The molecule has 2 rings (SSSR count). The van der Waals surface area contributed by atoms with Crippen LogP contribution in [0.5, 0.6) is 0 Å². The van der Waals surface area contributed by atoms with Gasteiger partial charge in [-0.15, -0.1) is 0 Å². The number of aromatic nitrogens is 2. The Bertz CT molecular complexity index is 436. The van der Waals surface area contributed by atoms with Crippen LogP contribution in [0.2, 0.25) is 0 Å². The van der Waals surface area contributed by atoms with E-state index in [9.17, 15) is 4.39 Å². The van der Waals surface area contributed by atoms with E-state index in [2.05, 4.69) is 5.10 Å². The normalized spacial score (nSPS) is 10.8. The number of hydrogen-bond acceptors (Lipinski definition) is 1. The third kappa shape index (κ3) is 0.997. The second-order valence-corrected chi connectivity index (χ2v) is 2.74. The number of rotatable bonds is 0. The zero-order valence-electron chi connectivity index (χ0n) is 6.58. The highest BCUT2D eigenvalue weighted by Gasteiger charge is 2.04. The summed E-state index contributed by atoms with van der Waals surface area (Å²) < 4.78 is 14.7. The highest BCUT2D eigenvalue weighted by atomic mass is 19.1. The molecule has 0 aliphatic carbocycles. The molecule has 0 spiro atoms. The molecule has 0 fully saturated rings. The van der Waals surface area contributed by atoms with Crippen molar-refractivity contribution in [3.63, 3.8) is 0 Å². The van der Waals surface area contributed by atoms with E-state index >= 15 is 0 Å². The Morgan fingerprint density at radius 1 is 1.50 bits per heavy atom. The summed E-state index contributed by atoms with van der Waals surface area (Å²) in [5.41, 5.74) is 0.791. The van der Waals surface area contributed by atoms with Crippen molar-refractivity contribution in [2.45, 2.75) is 0 Å². The van der Waals surface area contributed by atoms with Crippen LogP contribution >= 0.6 is 0 Å². The molecule has 2 nitrogen and oxygen atoms in total. The first kappa shape index (κ1) is 7.34. The van der Waals surface area contributed by atoms with E-state index < -0.39 is 0 Å². The Balaban J connectivity index is 2.88. The molecule has 2 radical (unpaired) electrons. The molecule has 0 bridgehead atoms. The van der Waals surface area contributed by atoms with Gasteiger partial charge in [-0.25, -0.2) is 4.39 Å². The van der Waals surface area contributed by atoms with Crippen molar-refractivity contribution in [2.24, 2.45) is 7.05 Å². The van der Waals surface area contributed by atoms with E-state index in [1.165, 1.54) is 6.07 Å². The Morgan fingerprint density at radius 2 is 2.25 bits per heavy atom. The lowest BCUT2D eigenvalue weighted by Gasteiger charge is -1.92. The second kappa shape index (κ2) is 2.34. The summed E-state index contributed by atoms with van der Waals surface area (Å²) in [5.74, 6) is -0.370. The fraction of sp³-hybridized carbons (Fsp3) is 0.125. The van der Waals surface area contributed by atoms with Crippen LogP contribution in [0.4, 0.5) is 4.39 Å². The van der Waals surface area contributed by atoms with E-state index in [4.69, 9.17) is 7.85 Å². The third-order valence-corrected chi connectivity index (χ3v) is 1.70. The average molecular weight is 160 g/mol. The van der Waals surface area contributed by atoms with Gasteiger partial charge in [0.15, 0.2) is 5.82 Å². The van der Waals surface area contributed by atoms with Crippen molar-refractivity contribution >= 4 is 24.2 Å². The van der Waals surface area contributed by atoms with Crippen molar-refractivity contribution in [1.29, 1.82) is 0 Å². The van der Waals surface area contributed by atoms with Crippen LogP contribution in [0.3, 0.4) is 0 Å². The van der Waals surface area contributed by atoms with Gasteiger partial charge in [-0.05, 0) is 6.07 Å². The van der Waals surface area contributed by atoms with Crippen LogP contribution in [-0.2, 0) is 7.05 Å². The molecule has 0 saturated heterocycles. The van der Waals surface area contributed by atoms with Gasteiger partial charge in [0.25, 0.3) is 0 Å². The molecule has 1 aromatic carbocycles. The van der Waals surface area contributed by atoms with Crippen molar-refractivity contribution < 1.29 is 4.39 Å². The molecule has 1 aromatic heterocycles. The zero-order valence-corrected chi connectivity index (χ0v) is 6.58. The molecule has 0 aliphatic rings. The highest BCUT2D eigenvalue weighted by Crippen LogP contribution is 2.12. The molecular formula is C8H6BFN2. The Labute approximate surface area is 70.4 Å². The molecule has 1 heterocycles. The number of nitrogens with zero attached hydrogens (tertiary/aromatic N) is 2. The average Bonchev–Trinajstić information content (AvgIpc) is 2.29. The first-order chi connectivity index (χ1) is 5.66. The van der Waals surface area contributed by atoms with Crippen LogP contribution < -0.4 is 5.46 Å². The lowest BCUT2D eigenvalue weighted by molar-refractivity contribution is 0.633. The van der Waals surface area contributed by atoms with Gasteiger partial charge in [-0.2, -0.15) is 5.10 Å². The molecule has 0 saturated carbocycles. The minimum Gasteiger partial charge on any atom is -0.274 e. The van der Waals surface area contributed by atoms with Gasteiger partial charge in [-0.3, -0.25) is 4.68 Å². The maximum atomic E-state index is 13.1. The lowest BCUT2D eigenvalue weighted by atomic mass is 9.95. The van der Waals surface area contributed by atoms with E-state index in [1.54, 1.807) is 24.0 Å². The van der Waals surface area contributed by atoms with E-state index in [1.807, 2.05) is 0 Å². The summed E-state index contributed by atoms with van der Waals surface area (Å²) in [6, 6.07) is 2.97. The molecule has 2 aromatic rings. The fourth-order valence-corrected chi connectivity index (χ4v) is 1.23. The standard InChI is InChI=1S/C8H6BFN2/c1-12-4-5-2-6(9)3-7(10)8(5)11-12/h2-4H,1H3. The molecule has 0 aliphatic heterocycles. The van der Waals surface area contributed by atoms with Gasteiger partial charge < -0.3 is 0 Å². The number of hydrogen-bond donors (Lipinski definition) is 0. The lowest BCUT2D eigenvalue weighted by Crippen LogP contribution is -2.01. The Kier molecular flexibility index (Phi) is 1.43. The van der Waals surface area contributed by atoms with Crippen LogP contribution in [0, 0.1) is 5.82 Å². The number of fused-ring (bicyclic) bond motifs is 1. The Hall–Kier alpha value is -1.32. The maximum absolute atomic E-state index is 13.1.